The van der Waals surface area contributed by atoms with Crippen LogP contribution in [0.2, 0.25) is 5.02 Å². The largest absolute Gasteiger partial charge is 0.435 e. The highest BCUT2D eigenvalue weighted by Crippen LogP contribution is 2.53. The fourth-order valence-electron chi connectivity index (χ4n) is 1.78. The van der Waals surface area contributed by atoms with Crippen molar-refractivity contribution in [2.75, 3.05) is 0 Å². The van der Waals surface area contributed by atoms with E-state index in [0.29, 0.717) is 25.0 Å². The Balaban J connectivity index is 3.43. The summed E-state index contributed by atoms with van der Waals surface area (Å²) < 4.78 is 89.8. The van der Waals surface area contributed by atoms with E-state index in [1.54, 1.807) is 6.92 Å². The van der Waals surface area contributed by atoms with Gasteiger partial charge in [-0.2, -0.15) is 26.3 Å². The van der Waals surface area contributed by atoms with Gasteiger partial charge in [-0.1, -0.05) is 31.0 Å². The Morgan fingerprint density at radius 3 is 1.95 bits per heavy atom. The van der Waals surface area contributed by atoms with Crippen LogP contribution in [0.15, 0.2) is 12.1 Å². The molecule has 0 amide bonds. The average Bonchev–Trinajstić information content (AvgIpc) is 2.31. The maximum Gasteiger partial charge on any atom is 0.435 e. The summed E-state index contributed by atoms with van der Waals surface area (Å²) in [5, 5.41) is -0.492. The van der Waals surface area contributed by atoms with Crippen LogP contribution in [0.3, 0.4) is 0 Å². The minimum atomic E-state index is -6.14. The lowest BCUT2D eigenvalue weighted by molar-refractivity contribution is -0.348. The Morgan fingerprint density at radius 1 is 1.00 bits per heavy atom. The summed E-state index contributed by atoms with van der Waals surface area (Å²) in [4.78, 5) is 0. The van der Waals surface area contributed by atoms with E-state index in [4.69, 9.17) is 11.6 Å². The van der Waals surface area contributed by atoms with Crippen LogP contribution >= 0.6 is 11.6 Å². The summed E-state index contributed by atoms with van der Waals surface area (Å²) in [6.07, 6.45) is -11.0. The first-order valence-electron chi connectivity index (χ1n) is 5.98. The second kappa shape index (κ2) is 6.02. The highest BCUT2D eigenvalue weighted by molar-refractivity contribution is 6.30. The molecule has 0 nitrogen and oxygen atoms in total. The zero-order chi connectivity index (χ0) is 16.5. The molecule has 0 aliphatic carbocycles. The maximum absolute atomic E-state index is 13.9. The van der Waals surface area contributed by atoms with E-state index in [2.05, 4.69) is 6.07 Å². The molecule has 0 saturated heterocycles. The van der Waals surface area contributed by atoms with Gasteiger partial charge in [0.1, 0.15) is 0 Å². The molecule has 119 valence electrons. The van der Waals surface area contributed by atoms with E-state index in [1.165, 1.54) is 0 Å². The normalized spacial score (nSPS) is 13.6. The molecule has 1 rings (SSSR count). The number of aryl methyl sites for hydroxylation is 1. The number of benzene rings is 1. The van der Waals surface area contributed by atoms with E-state index >= 15 is 0 Å². The van der Waals surface area contributed by atoms with Crippen molar-refractivity contribution in [2.24, 2.45) is 0 Å². The van der Waals surface area contributed by atoms with Gasteiger partial charge in [0.05, 0.1) is 0 Å². The van der Waals surface area contributed by atoms with Crippen LogP contribution in [0.25, 0.3) is 0 Å². The molecule has 0 aromatic heterocycles. The highest BCUT2D eigenvalue weighted by Gasteiger charge is 2.73. The van der Waals surface area contributed by atoms with Gasteiger partial charge < -0.3 is 0 Å². The van der Waals surface area contributed by atoms with Crippen molar-refractivity contribution in [2.45, 2.75) is 44.2 Å². The standard InChI is InChI=1S/C13H11ClF7/c1-2-3-4-8-5-9(7-10(14)6-8)11(15,12(16,17)18)13(19,20)21/h5,7H,2-4H2,1H3. The number of hydrogen-bond donors (Lipinski definition) is 0. The van der Waals surface area contributed by atoms with Gasteiger partial charge in [0.25, 0.3) is 0 Å². The fourth-order valence-corrected chi connectivity index (χ4v) is 2.02. The van der Waals surface area contributed by atoms with Crippen LogP contribution in [-0.4, -0.2) is 12.4 Å². The minimum absolute atomic E-state index is 0.00914. The lowest BCUT2D eigenvalue weighted by Crippen LogP contribution is -2.50. The van der Waals surface area contributed by atoms with Crippen LogP contribution in [-0.2, 0) is 12.1 Å². The molecule has 1 aromatic rings. The van der Waals surface area contributed by atoms with Crippen molar-refractivity contribution in [3.05, 3.63) is 34.3 Å². The van der Waals surface area contributed by atoms with Crippen LogP contribution in [0.4, 0.5) is 30.7 Å². The third-order valence-corrected chi connectivity index (χ3v) is 3.07. The van der Waals surface area contributed by atoms with E-state index < -0.39 is 28.6 Å². The van der Waals surface area contributed by atoms with Crippen LogP contribution < -0.4 is 0 Å². The molecule has 0 atom stereocenters. The van der Waals surface area contributed by atoms with Gasteiger partial charge in [0, 0.05) is 16.7 Å². The van der Waals surface area contributed by atoms with Crippen LogP contribution in [0.1, 0.15) is 30.9 Å². The first kappa shape index (κ1) is 18.1. The molecule has 0 fully saturated rings. The van der Waals surface area contributed by atoms with Crippen molar-refractivity contribution < 1.29 is 30.7 Å². The van der Waals surface area contributed by atoms with Gasteiger partial charge in [-0.15, -0.1) is 0 Å². The molecule has 21 heavy (non-hydrogen) atoms. The van der Waals surface area contributed by atoms with Gasteiger partial charge in [-0.25, -0.2) is 4.39 Å². The Hall–Kier alpha value is -0.980. The lowest BCUT2D eigenvalue weighted by atomic mass is 9.92. The number of hydrogen-bond acceptors (Lipinski definition) is 0. The highest BCUT2D eigenvalue weighted by atomic mass is 35.5. The Labute approximate surface area is 121 Å². The second-order valence-corrected chi connectivity index (χ2v) is 4.91. The summed E-state index contributed by atoms with van der Waals surface area (Å²) in [7, 11) is 0. The molecule has 1 aromatic carbocycles. The molecule has 1 radical (unpaired) electrons. The maximum atomic E-state index is 13.9. The van der Waals surface area contributed by atoms with Crippen molar-refractivity contribution in [3.8, 4) is 0 Å². The molecular formula is C13H11ClF7. The second-order valence-electron chi connectivity index (χ2n) is 4.50. The monoisotopic (exact) mass is 335 g/mol. The predicted octanol–water partition coefficient (Wildman–Crippen LogP) is 5.77. The number of unbranched alkanes of at least 4 members (excludes halogenated alkanes) is 1. The quantitative estimate of drug-likeness (QED) is 0.612. The summed E-state index contributed by atoms with van der Waals surface area (Å²) in [6, 6.07) is 3.24. The molecule has 0 aliphatic heterocycles. The fraction of sp³-hybridized carbons (Fsp3) is 0.538. The molecule has 0 aliphatic rings. The molecular weight excluding hydrogens is 325 g/mol. The number of halogens is 8. The van der Waals surface area contributed by atoms with Crippen LogP contribution in [0, 0.1) is 6.07 Å². The minimum Gasteiger partial charge on any atom is -0.218 e. The van der Waals surface area contributed by atoms with E-state index in [0.717, 1.165) is 0 Å². The van der Waals surface area contributed by atoms with Gasteiger partial charge in [-0.3, -0.25) is 0 Å². The Morgan fingerprint density at radius 2 is 1.52 bits per heavy atom. The smallest absolute Gasteiger partial charge is 0.218 e. The average molecular weight is 336 g/mol. The van der Waals surface area contributed by atoms with Gasteiger partial charge >= 0.3 is 18.0 Å². The predicted molar refractivity (Wildman–Crippen MR) is 63.8 cm³/mol. The first-order chi connectivity index (χ1) is 9.43. The zero-order valence-electron chi connectivity index (χ0n) is 10.8. The van der Waals surface area contributed by atoms with Crippen LogP contribution in [0.5, 0.6) is 0 Å². The molecule has 0 unspecified atom stereocenters. The van der Waals surface area contributed by atoms with E-state index in [9.17, 15) is 30.7 Å². The third-order valence-electron chi connectivity index (χ3n) is 2.87. The molecule has 0 saturated carbocycles. The molecule has 0 bridgehead atoms. The number of alkyl halides is 7. The van der Waals surface area contributed by atoms with E-state index in [1.807, 2.05) is 0 Å². The van der Waals surface area contributed by atoms with Crippen molar-refractivity contribution in [3.63, 3.8) is 0 Å². The SMILES string of the molecule is CCCCc1[c]c(Cl)cc(C(F)(C(F)(F)F)C(F)(F)F)c1. The topological polar surface area (TPSA) is 0 Å². The molecule has 0 spiro atoms. The van der Waals surface area contributed by atoms with Gasteiger partial charge in [0.2, 0.25) is 0 Å². The Kier molecular flexibility index (Phi) is 5.18. The van der Waals surface area contributed by atoms with E-state index in [-0.39, 0.29) is 12.0 Å². The Bertz CT molecular complexity index is 476. The van der Waals surface area contributed by atoms with Crippen molar-refractivity contribution in [1.82, 2.24) is 0 Å². The first-order valence-corrected chi connectivity index (χ1v) is 6.36. The summed E-state index contributed by atoms with van der Waals surface area (Å²) in [6.45, 7) is 1.79. The molecule has 0 N–H and O–H groups in total. The summed E-state index contributed by atoms with van der Waals surface area (Å²) >= 11 is 5.48. The van der Waals surface area contributed by atoms with Crippen molar-refractivity contribution in [1.29, 1.82) is 0 Å². The lowest BCUT2D eigenvalue weighted by Gasteiger charge is -2.30. The van der Waals surface area contributed by atoms with Crippen molar-refractivity contribution >= 4 is 11.6 Å². The zero-order valence-corrected chi connectivity index (χ0v) is 11.6. The third kappa shape index (κ3) is 3.62. The summed E-state index contributed by atoms with van der Waals surface area (Å²) in [5.41, 5.74) is -7.02. The number of rotatable bonds is 4. The molecule has 0 heterocycles. The van der Waals surface area contributed by atoms with Gasteiger partial charge in [-0.05, 0) is 24.5 Å². The molecule has 8 heteroatoms. The van der Waals surface area contributed by atoms with Gasteiger partial charge in [0.15, 0.2) is 0 Å². The summed E-state index contributed by atoms with van der Waals surface area (Å²) in [5.74, 6) is 0.